The van der Waals surface area contributed by atoms with E-state index in [9.17, 15) is 13.6 Å². The van der Waals surface area contributed by atoms with Crippen LogP contribution in [-0.2, 0) is 9.53 Å². The first-order valence-electron chi connectivity index (χ1n) is 4.39. The number of methoxy groups -OCH3 is 1. The molecule has 0 aliphatic carbocycles. The summed E-state index contributed by atoms with van der Waals surface area (Å²) in [6.07, 6.45) is 0.907. The van der Waals surface area contributed by atoms with Gasteiger partial charge in [-0.15, -0.1) is 0 Å². The van der Waals surface area contributed by atoms with Gasteiger partial charge in [-0.25, -0.2) is 13.6 Å². The summed E-state index contributed by atoms with van der Waals surface area (Å²) in [6, 6.07) is 3.42. The van der Waals surface area contributed by atoms with Gasteiger partial charge in [0.15, 0.2) is 11.6 Å². The van der Waals surface area contributed by atoms with Crippen LogP contribution in [0.25, 0.3) is 16.5 Å². The van der Waals surface area contributed by atoms with E-state index in [4.69, 9.17) is 5.53 Å². The molecule has 5 nitrogen and oxygen atoms in total. The molecule has 0 N–H and O–H groups in total. The lowest BCUT2D eigenvalue weighted by Crippen LogP contribution is -2.02. The van der Waals surface area contributed by atoms with Gasteiger partial charge >= 0.3 is 5.97 Å². The summed E-state index contributed by atoms with van der Waals surface area (Å²) in [5.74, 6) is -3.14. The Morgan fingerprint density at radius 3 is 2.82 bits per heavy atom. The van der Waals surface area contributed by atoms with Crippen LogP contribution in [0.5, 0.6) is 0 Å². The van der Waals surface area contributed by atoms with E-state index in [1.54, 1.807) is 0 Å². The van der Waals surface area contributed by atoms with Crippen molar-refractivity contribution in [3.8, 4) is 0 Å². The third kappa shape index (κ3) is 3.02. The van der Waals surface area contributed by atoms with Crippen molar-refractivity contribution < 1.29 is 18.3 Å². The van der Waals surface area contributed by atoms with Crippen molar-refractivity contribution in [1.29, 1.82) is 0 Å². The zero-order valence-electron chi connectivity index (χ0n) is 8.72. The molecule has 0 atom stereocenters. The molecule has 0 heterocycles. The van der Waals surface area contributed by atoms with Crippen molar-refractivity contribution in [3.63, 3.8) is 0 Å². The number of hydrogen-bond acceptors (Lipinski definition) is 3. The van der Waals surface area contributed by atoms with Gasteiger partial charge in [0.1, 0.15) is 5.70 Å². The van der Waals surface area contributed by atoms with Crippen molar-refractivity contribution >= 4 is 12.0 Å². The summed E-state index contributed by atoms with van der Waals surface area (Å²) < 4.78 is 30.5. The third-order valence-corrected chi connectivity index (χ3v) is 1.82. The summed E-state index contributed by atoms with van der Waals surface area (Å²) in [5.41, 5.74) is 7.56. The SMILES string of the molecule is COC(=O)/C(=C\c1cccc(F)c1F)N=[N+]=[N-]. The minimum atomic E-state index is -1.14. The van der Waals surface area contributed by atoms with Crippen LogP contribution in [0, 0.1) is 11.6 Å². The average molecular weight is 239 g/mol. The second kappa shape index (κ2) is 5.62. The maximum absolute atomic E-state index is 13.3. The number of rotatable bonds is 3. The third-order valence-electron chi connectivity index (χ3n) is 1.82. The lowest BCUT2D eigenvalue weighted by molar-refractivity contribution is -0.136. The molecule has 88 valence electrons. The van der Waals surface area contributed by atoms with E-state index < -0.39 is 23.3 Å². The molecule has 1 aromatic carbocycles. The lowest BCUT2D eigenvalue weighted by Gasteiger charge is -2.00. The molecular weight excluding hydrogens is 232 g/mol. The van der Waals surface area contributed by atoms with Crippen LogP contribution in [0.4, 0.5) is 8.78 Å². The normalized spacial score (nSPS) is 10.6. The standard InChI is InChI=1S/C10H7F2N3O2/c1-17-10(16)8(14-15-13)5-6-3-2-4-7(11)9(6)12/h2-5H,1H3/b8-5+. The Kier molecular flexibility index (Phi) is 4.19. The summed E-state index contributed by atoms with van der Waals surface area (Å²) in [5, 5.41) is 3.04. The van der Waals surface area contributed by atoms with E-state index in [1.165, 1.54) is 12.1 Å². The van der Waals surface area contributed by atoms with Gasteiger partial charge in [0, 0.05) is 10.5 Å². The van der Waals surface area contributed by atoms with Crippen LogP contribution in [0.3, 0.4) is 0 Å². The Hall–Kier alpha value is -2.40. The minimum Gasteiger partial charge on any atom is -0.466 e. The van der Waals surface area contributed by atoms with Crippen LogP contribution in [-0.4, -0.2) is 13.1 Å². The number of ether oxygens (including phenoxy) is 1. The van der Waals surface area contributed by atoms with Gasteiger partial charge in [0.05, 0.1) is 7.11 Å². The van der Waals surface area contributed by atoms with Crippen LogP contribution >= 0.6 is 0 Å². The zero-order chi connectivity index (χ0) is 12.8. The van der Waals surface area contributed by atoms with Gasteiger partial charge in [-0.2, -0.15) is 0 Å². The van der Waals surface area contributed by atoms with Crippen molar-refractivity contribution in [2.24, 2.45) is 5.11 Å². The molecule has 0 fully saturated rings. The van der Waals surface area contributed by atoms with Crippen LogP contribution in [0.2, 0.25) is 0 Å². The lowest BCUT2D eigenvalue weighted by atomic mass is 10.1. The van der Waals surface area contributed by atoms with Gasteiger partial charge in [0.25, 0.3) is 0 Å². The fraction of sp³-hybridized carbons (Fsp3) is 0.100. The van der Waals surface area contributed by atoms with Gasteiger partial charge in [-0.1, -0.05) is 17.2 Å². The topological polar surface area (TPSA) is 75.1 Å². The fourth-order valence-electron chi connectivity index (χ4n) is 1.06. The number of esters is 1. The van der Waals surface area contributed by atoms with E-state index in [-0.39, 0.29) is 5.56 Å². The Morgan fingerprint density at radius 2 is 2.24 bits per heavy atom. The summed E-state index contributed by atoms with van der Waals surface area (Å²) in [6.45, 7) is 0. The second-order valence-electron chi connectivity index (χ2n) is 2.85. The predicted molar refractivity (Wildman–Crippen MR) is 55.5 cm³/mol. The Bertz CT molecular complexity index is 522. The Morgan fingerprint density at radius 1 is 1.53 bits per heavy atom. The highest BCUT2D eigenvalue weighted by Gasteiger charge is 2.11. The smallest absolute Gasteiger partial charge is 0.340 e. The molecule has 0 aliphatic rings. The molecule has 1 aromatic rings. The largest absolute Gasteiger partial charge is 0.466 e. The van der Waals surface area contributed by atoms with E-state index >= 15 is 0 Å². The summed E-state index contributed by atoms with van der Waals surface area (Å²) in [4.78, 5) is 13.5. The summed E-state index contributed by atoms with van der Waals surface area (Å²) in [7, 11) is 1.07. The molecule has 0 amide bonds. The number of azide groups is 1. The molecule has 0 unspecified atom stereocenters. The van der Waals surface area contributed by atoms with E-state index in [0.29, 0.717) is 0 Å². The fourth-order valence-corrected chi connectivity index (χ4v) is 1.06. The van der Waals surface area contributed by atoms with Crippen molar-refractivity contribution in [2.75, 3.05) is 7.11 Å². The minimum absolute atomic E-state index is 0.210. The molecule has 17 heavy (non-hydrogen) atoms. The highest BCUT2D eigenvalue weighted by molar-refractivity contribution is 5.93. The molecule has 0 spiro atoms. The van der Waals surface area contributed by atoms with Crippen LogP contribution in [0.1, 0.15) is 5.56 Å². The molecule has 0 saturated carbocycles. The number of carbonyl (C=O) groups excluding carboxylic acids is 1. The second-order valence-corrected chi connectivity index (χ2v) is 2.85. The Labute approximate surface area is 94.9 Å². The van der Waals surface area contributed by atoms with Gasteiger partial charge < -0.3 is 4.74 Å². The van der Waals surface area contributed by atoms with E-state index in [1.807, 2.05) is 0 Å². The predicted octanol–water partition coefficient (Wildman–Crippen LogP) is 2.79. The number of benzene rings is 1. The van der Waals surface area contributed by atoms with Crippen LogP contribution in [0.15, 0.2) is 29.0 Å². The monoisotopic (exact) mass is 239 g/mol. The Balaban J connectivity index is 3.26. The van der Waals surface area contributed by atoms with Crippen molar-refractivity contribution in [3.05, 3.63) is 51.5 Å². The molecule has 0 aliphatic heterocycles. The van der Waals surface area contributed by atoms with E-state index in [0.717, 1.165) is 19.3 Å². The summed E-state index contributed by atoms with van der Waals surface area (Å²) >= 11 is 0. The highest BCUT2D eigenvalue weighted by atomic mass is 19.2. The molecule has 0 radical (unpaired) electrons. The molecule has 0 aromatic heterocycles. The number of carbonyl (C=O) groups is 1. The number of halogens is 2. The average Bonchev–Trinajstić information content (AvgIpc) is 2.33. The molecule has 1 rings (SSSR count). The van der Waals surface area contributed by atoms with Crippen molar-refractivity contribution in [1.82, 2.24) is 0 Å². The van der Waals surface area contributed by atoms with Gasteiger partial charge in [-0.3, -0.25) is 0 Å². The number of hydrogen-bond donors (Lipinski definition) is 0. The first-order valence-corrected chi connectivity index (χ1v) is 4.39. The molecule has 0 saturated heterocycles. The first-order chi connectivity index (χ1) is 8.10. The molecular formula is C10H7F2N3O2. The van der Waals surface area contributed by atoms with Gasteiger partial charge in [0.2, 0.25) is 0 Å². The number of nitrogens with zero attached hydrogens (tertiary/aromatic N) is 3. The van der Waals surface area contributed by atoms with E-state index in [2.05, 4.69) is 14.8 Å². The maximum Gasteiger partial charge on any atom is 0.340 e. The quantitative estimate of drug-likeness (QED) is 0.267. The molecule has 0 bridgehead atoms. The van der Waals surface area contributed by atoms with Crippen molar-refractivity contribution in [2.45, 2.75) is 0 Å². The highest BCUT2D eigenvalue weighted by Crippen LogP contribution is 2.16. The van der Waals surface area contributed by atoms with Gasteiger partial charge in [-0.05, 0) is 17.7 Å². The maximum atomic E-state index is 13.3. The zero-order valence-corrected chi connectivity index (χ0v) is 8.72. The molecule has 7 heteroatoms. The first kappa shape index (κ1) is 12.7. The van der Waals surface area contributed by atoms with Crippen LogP contribution < -0.4 is 0 Å².